The second-order valence-corrected chi connectivity index (χ2v) is 4.83. The van der Waals surface area contributed by atoms with Crippen molar-refractivity contribution in [2.75, 3.05) is 6.54 Å². The van der Waals surface area contributed by atoms with Gasteiger partial charge in [-0.05, 0) is 32.0 Å². The van der Waals surface area contributed by atoms with Crippen molar-refractivity contribution >= 4 is 27.7 Å². The Labute approximate surface area is 109 Å². The molecule has 0 aliphatic carbocycles. The van der Waals surface area contributed by atoms with Crippen LogP contribution in [0.5, 0.6) is 0 Å². The Hall–Kier alpha value is -1.36. The summed E-state index contributed by atoms with van der Waals surface area (Å²) in [7, 11) is 0. The van der Waals surface area contributed by atoms with Gasteiger partial charge in [-0.1, -0.05) is 22.0 Å². The highest BCUT2D eigenvalue weighted by Gasteiger charge is 2.08. The molecule has 0 fully saturated rings. The second-order valence-electron chi connectivity index (χ2n) is 3.92. The molecule has 0 heterocycles. The van der Waals surface area contributed by atoms with Gasteiger partial charge in [0.2, 0.25) is 5.91 Å². The van der Waals surface area contributed by atoms with Crippen molar-refractivity contribution in [1.29, 1.82) is 0 Å². The molecule has 0 atom stereocenters. The third-order valence-electron chi connectivity index (χ3n) is 1.95. The first-order valence-electron chi connectivity index (χ1n) is 5.32. The maximum Gasteiger partial charge on any atom is 0.251 e. The van der Waals surface area contributed by atoms with Crippen molar-refractivity contribution < 1.29 is 9.59 Å². The molecular weight excluding hydrogens is 284 g/mol. The van der Waals surface area contributed by atoms with Crippen LogP contribution in [0.25, 0.3) is 0 Å². The van der Waals surface area contributed by atoms with E-state index in [2.05, 4.69) is 26.6 Å². The van der Waals surface area contributed by atoms with Crippen molar-refractivity contribution in [3.63, 3.8) is 0 Å². The number of carbonyl (C=O) groups is 2. The fraction of sp³-hybridized carbons (Fsp3) is 0.333. The van der Waals surface area contributed by atoms with E-state index in [9.17, 15) is 9.59 Å². The molecule has 0 saturated carbocycles. The Bertz CT molecular complexity index is 419. The van der Waals surface area contributed by atoms with Gasteiger partial charge in [0.05, 0.1) is 6.54 Å². The van der Waals surface area contributed by atoms with Crippen LogP contribution in [0.1, 0.15) is 24.2 Å². The Balaban J connectivity index is 2.48. The zero-order valence-electron chi connectivity index (χ0n) is 9.79. The molecule has 4 nitrogen and oxygen atoms in total. The molecule has 1 rings (SSSR count). The zero-order chi connectivity index (χ0) is 12.8. The highest BCUT2D eigenvalue weighted by atomic mass is 79.9. The summed E-state index contributed by atoms with van der Waals surface area (Å²) < 4.78 is 0.830. The summed E-state index contributed by atoms with van der Waals surface area (Å²) in [6.45, 7) is 3.73. The van der Waals surface area contributed by atoms with Gasteiger partial charge in [0.25, 0.3) is 5.91 Å². The fourth-order valence-corrected chi connectivity index (χ4v) is 1.66. The van der Waals surface area contributed by atoms with Gasteiger partial charge in [0, 0.05) is 16.1 Å². The van der Waals surface area contributed by atoms with Gasteiger partial charge >= 0.3 is 0 Å². The number of amides is 2. The third kappa shape index (κ3) is 4.99. The van der Waals surface area contributed by atoms with Crippen LogP contribution in [-0.4, -0.2) is 24.4 Å². The molecule has 0 bridgehead atoms. The summed E-state index contributed by atoms with van der Waals surface area (Å²) in [5.74, 6) is -0.450. The van der Waals surface area contributed by atoms with Gasteiger partial charge in [0.1, 0.15) is 0 Å². The first-order valence-corrected chi connectivity index (χ1v) is 6.11. The van der Waals surface area contributed by atoms with Gasteiger partial charge in [-0.15, -0.1) is 0 Å². The van der Waals surface area contributed by atoms with Crippen LogP contribution < -0.4 is 10.6 Å². The standard InChI is InChI=1S/C12H15BrN2O2/c1-8(2)15-11(16)7-14-12(17)9-4-3-5-10(13)6-9/h3-6,8H,7H2,1-2H3,(H,14,17)(H,15,16). The lowest BCUT2D eigenvalue weighted by Crippen LogP contribution is -2.39. The van der Waals surface area contributed by atoms with E-state index in [0.717, 1.165) is 4.47 Å². The average Bonchev–Trinajstić information content (AvgIpc) is 2.25. The van der Waals surface area contributed by atoms with Crippen LogP contribution in [0.4, 0.5) is 0 Å². The van der Waals surface area contributed by atoms with E-state index in [4.69, 9.17) is 0 Å². The summed E-state index contributed by atoms with van der Waals surface area (Å²) in [6.07, 6.45) is 0. The quantitative estimate of drug-likeness (QED) is 0.889. The van der Waals surface area contributed by atoms with Gasteiger partial charge in [-0.25, -0.2) is 0 Å². The number of benzene rings is 1. The lowest BCUT2D eigenvalue weighted by molar-refractivity contribution is -0.120. The highest BCUT2D eigenvalue weighted by molar-refractivity contribution is 9.10. The smallest absolute Gasteiger partial charge is 0.251 e. The molecule has 2 amide bonds. The summed E-state index contributed by atoms with van der Waals surface area (Å²) in [5, 5.41) is 5.26. The predicted molar refractivity (Wildman–Crippen MR) is 69.8 cm³/mol. The van der Waals surface area contributed by atoms with Crippen LogP contribution in [0.2, 0.25) is 0 Å². The molecule has 0 radical (unpaired) electrons. The van der Waals surface area contributed by atoms with Crippen LogP contribution in [0.3, 0.4) is 0 Å². The molecule has 1 aromatic carbocycles. The summed E-state index contributed by atoms with van der Waals surface area (Å²) in [5.41, 5.74) is 0.525. The fourth-order valence-electron chi connectivity index (χ4n) is 1.27. The number of rotatable bonds is 4. The summed E-state index contributed by atoms with van der Waals surface area (Å²) >= 11 is 3.28. The maximum absolute atomic E-state index is 11.7. The van der Waals surface area contributed by atoms with E-state index in [1.807, 2.05) is 19.9 Å². The normalized spacial score (nSPS) is 10.1. The summed E-state index contributed by atoms with van der Waals surface area (Å²) in [6, 6.07) is 7.08. The van der Waals surface area contributed by atoms with Crippen LogP contribution >= 0.6 is 15.9 Å². The molecule has 17 heavy (non-hydrogen) atoms. The molecule has 1 aromatic rings. The van der Waals surface area contributed by atoms with Gasteiger partial charge in [0.15, 0.2) is 0 Å². The van der Waals surface area contributed by atoms with Crippen LogP contribution in [-0.2, 0) is 4.79 Å². The molecule has 0 aliphatic rings. The SMILES string of the molecule is CC(C)NC(=O)CNC(=O)c1cccc(Br)c1. The predicted octanol–water partition coefficient (Wildman–Crippen LogP) is 1.70. The van der Waals surface area contributed by atoms with Crippen LogP contribution in [0, 0.1) is 0 Å². The second kappa shape index (κ2) is 6.39. The third-order valence-corrected chi connectivity index (χ3v) is 2.44. The first kappa shape index (κ1) is 13.7. The van der Waals surface area contributed by atoms with E-state index in [1.165, 1.54) is 0 Å². The lowest BCUT2D eigenvalue weighted by atomic mass is 10.2. The Morgan fingerprint density at radius 3 is 2.65 bits per heavy atom. The largest absolute Gasteiger partial charge is 0.352 e. The van der Waals surface area contributed by atoms with Crippen LogP contribution in [0.15, 0.2) is 28.7 Å². The van der Waals surface area contributed by atoms with Crippen molar-refractivity contribution in [2.45, 2.75) is 19.9 Å². The molecule has 92 valence electrons. The molecule has 5 heteroatoms. The van der Waals surface area contributed by atoms with Crippen molar-refractivity contribution in [1.82, 2.24) is 10.6 Å². The molecule has 0 saturated heterocycles. The molecule has 0 unspecified atom stereocenters. The van der Waals surface area contributed by atoms with Crippen molar-refractivity contribution in [2.24, 2.45) is 0 Å². The van der Waals surface area contributed by atoms with E-state index < -0.39 is 0 Å². The van der Waals surface area contributed by atoms with E-state index in [1.54, 1.807) is 18.2 Å². The Kier molecular flexibility index (Phi) is 5.15. The van der Waals surface area contributed by atoms with Gasteiger partial charge in [-0.3, -0.25) is 9.59 Å². The molecule has 2 N–H and O–H groups in total. The number of halogens is 1. The van der Waals surface area contributed by atoms with E-state index in [-0.39, 0.29) is 24.4 Å². The Morgan fingerprint density at radius 1 is 1.35 bits per heavy atom. The minimum atomic E-state index is -0.259. The highest BCUT2D eigenvalue weighted by Crippen LogP contribution is 2.11. The first-order chi connectivity index (χ1) is 7.99. The molecule has 0 aliphatic heterocycles. The minimum Gasteiger partial charge on any atom is -0.352 e. The van der Waals surface area contributed by atoms with Gasteiger partial charge in [-0.2, -0.15) is 0 Å². The van der Waals surface area contributed by atoms with Gasteiger partial charge < -0.3 is 10.6 Å². The number of carbonyl (C=O) groups excluding carboxylic acids is 2. The summed E-state index contributed by atoms with van der Waals surface area (Å²) in [4.78, 5) is 23.0. The Morgan fingerprint density at radius 2 is 2.06 bits per heavy atom. The molecule has 0 spiro atoms. The van der Waals surface area contributed by atoms with Crippen molar-refractivity contribution in [3.05, 3.63) is 34.3 Å². The molecular formula is C12H15BrN2O2. The number of hydrogen-bond acceptors (Lipinski definition) is 2. The number of nitrogens with one attached hydrogen (secondary N) is 2. The van der Waals surface area contributed by atoms with E-state index >= 15 is 0 Å². The van der Waals surface area contributed by atoms with Crippen molar-refractivity contribution in [3.8, 4) is 0 Å². The lowest BCUT2D eigenvalue weighted by Gasteiger charge is -2.09. The number of hydrogen-bond donors (Lipinski definition) is 2. The topological polar surface area (TPSA) is 58.2 Å². The zero-order valence-corrected chi connectivity index (χ0v) is 11.4. The minimum absolute atomic E-state index is 0.0104. The monoisotopic (exact) mass is 298 g/mol. The average molecular weight is 299 g/mol. The van der Waals surface area contributed by atoms with E-state index in [0.29, 0.717) is 5.56 Å². The maximum atomic E-state index is 11.7. The molecule has 0 aromatic heterocycles.